The van der Waals surface area contributed by atoms with Gasteiger partial charge in [0.25, 0.3) is 0 Å². The van der Waals surface area contributed by atoms with Crippen LogP contribution in [0.1, 0.15) is 5.01 Å². The van der Waals surface area contributed by atoms with E-state index in [0.29, 0.717) is 5.75 Å². The molecule has 0 bridgehead atoms. The van der Waals surface area contributed by atoms with Gasteiger partial charge in [-0.2, -0.15) is 12.6 Å². The highest BCUT2D eigenvalue weighted by Gasteiger charge is 2.10. The summed E-state index contributed by atoms with van der Waals surface area (Å²) in [5.41, 5.74) is 3.49. The smallest absolute Gasteiger partial charge is 0.103 e. The van der Waals surface area contributed by atoms with E-state index in [9.17, 15) is 0 Å². The lowest BCUT2D eigenvalue weighted by molar-refractivity contribution is 0.969. The van der Waals surface area contributed by atoms with Crippen molar-refractivity contribution in [2.75, 3.05) is 0 Å². The molecule has 0 unspecified atom stereocenters. The van der Waals surface area contributed by atoms with Crippen molar-refractivity contribution in [3.8, 4) is 11.3 Å². The summed E-state index contributed by atoms with van der Waals surface area (Å²) < 4.78 is 2.14. The molecule has 2 aromatic heterocycles. The Morgan fingerprint density at radius 2 is 2.18 bits per heavy atom. The predicted molar refractivity (Wildman–Crippen MR) is 76.7 cm³/mol. The topological polar surface area (TPSA) is 17.8 Å². The Morgan fingerprint density at radius 1 is 1.35 bits per heavy atom. The number of nitrogens with zero attached hydrogens (tertiary/aromatic N) is 2. The Kier molecular flexibility index (Phi) is 2.68. The maximum atomic E-state index is 4.59. The van der Waals surface area contributed by atoms with E-state index in [0.717, 1.165) is 10.7 Å². The summed E-state index contributed by atoms with van der Waals surface area (Å²) in [4.78, 5) is 4.59. The van der Waals surface area contributed by atoms with Gasteiger partial charge in [0.1, 0.15) is 5.01 Å². The van der Waals surface area contributed by atoms with E-state index >= 15 is 0 Å². The van der Waals surface area contributed by atoms with Gasteiger partial charge in [-0.1, -0.05) is 18.2 Å². The molecule has 17 heavy (non-hydrogen) atoms. The largest absolute Gasteiger partial charge is 0.350 e. The highest BCUT2D eigenvalue weighted by molar-refractivity contribution is 7.79. The summed E-state index contributed by atoms with van der Waals surface area (Å²) in [7, 11) is 2.07. The number of aromatic nitrogens is 2. The van der Waals surface area contributed by atoms with Crippen LogP contribution in [0.25, 0.3) is 22.2 Å². The molecular formula is C13H12N2S2. The second-order valence-corrected chi connectivity index (χ2v) is 5.21. The number of benzene rings is 1. The van der Waals surface area contributed by atoms with E-state index in [1.54, 1.807) is 11.3 Å². The molecule has 1 aromatic carbocycles. The van der Waals surface area contributed by atoms with E-state index in [1.165, 1.54) is 16.5 Å². The first-order chi connectivity index (χ1) is 8.29. The first-order valence-corrected chi connectivity index (χ1v) is 6.90. The number of aryl methyl sites for hydroxylation is 1. The van der Waals surface area contributed by atoms with Crippen molar-refractivity contribution in [1.29, 1.82) is 0 Å². The number of hydrogen-bond acceptors (Lipinski definition) is 3. The number of thiazole rings is 1. The lowest BCUT2D eigenvalue weighted by Gasteiger charge is -1.94. The minimum Gasteiger partial charge on any atom is -0.350 e. The number of fused-ring (bicyclic) bond motifs is 1. The molecule has 4 heteroatoms. The summed E-state index contributed by atoms with van der Waals surface area (Å²) in [6.45, 7) is 0. The highest BCUT2D eigenvalue weighted by atomic mass is 32.1. The van der Waals surface area contributed by atoms with Crippen molar-refractivity contribution >= 4 is 34.9 Å². The van der Waals surface area contributed by atoms with E-state index < -0.39 is 0 Å². The Balaban J connectivity index is 2.23. The average molecular weight is 260 g/mol. The molecule has 3 aromatic rings. The summed E-state index contributed by atoms with van der Waals surface area (Å²) in [6, 6.07) is 8.40. The van der Waals surface area contributed by atoms with E-state index in [-0.39, 0.29) is 0 Å². The first kappa shape index (κ1) is 10.9. The Bertz CT molecular complexity index is 667. The lowest BCUT2D eigenvalue weighted by atomic mass is 10.1. The van der Waals surface area contributed by atoms with Crippen LogP contribution in [0, 0.1) is 0 Å². The zero-order valence-corrected chi connectivity index (χ0v) is 11.1. The third-order valence-electron chi connectivity index (χ3n) is 2.86. The minimum absolute atomic E-state index is 0.704. The van der Waals surface area contributed by atoms with Gasteiger partial charge >= 0.3 is 0 Å². The number of hydrogen-bond donors (Lipinski definition) is 1. The normalized spacial score (nSPS) is 11.2. The van der Waals surface area contributed by atoms with Gasteiger partial charge in [0.2, 0.25) is 0 Å². The lowest BCUT2D eigenvalue weighted by Crippen LogP contribution is -1.81. The SMILES string of the molecule is Cn1cc(-c2csc(CS)n2)c2ccccc21. The number of para-hydroxylation sites is 1. The molecule has 0 aliphatic heterocycles. The molecule has 0 saturated heterocycles. The minimum atomic E-state index is 0.704. The summed E-state index contributed by atoms with van der Waals surface area (Å²) in [6.07, 6.45) is 2.14. The Morgan fingerprint density at radius 3 is 2.94 bits per heavy atom. The summed E-state index contributed by atoms with van der Waals surface area (Å²) in [5, 5.41) is 4.43. The van der Waals surface area contributed by atoms with Gasteiger partial charge in [0.15, 0.2) is 0 Å². The molecule has 0 saturated carbocycles. The van der Waals surface area contributed by atoms with Crippen LogP contribution in [0.4, 0.5) is 0 Å². The van der Waals surface area contributed by atoms with Crippen LogP contribution in [-0.4, -0.2) is 9.55 Å². The van der Waals surface area contributed by atoms with Gasteiger partial charge in [-0.25, -0.2) is 4.98 Å². The second kappa shape index (κ2) is 4.20. The fourth-order valence-electron chi connectivity index (χ4n) is 2.05. The van der Waals surface area contributed by atoms with Crippen LogP contribution in [-0.2, 0) is 12.8 Å². The second-order valence-electron chi connectivity index (χ2n) is 3.96. The molecule has 0 atom stereocenters. The highest BCUT2D eigenvalue weighted by Crippen LogP contribution is 2.30. The zero-order valence-electron chi connectivity index (χ0n) is 9.42. The molecule has 0 spiro atoms. The van der Waals surface area contributed by atoms with Crippen molar-refractivity contribution in [3.63, 3.8) is 0 Å². The Hall–Kier alpha value is -1.26. The van der Waals surface area contributed by atoms with Crippen LogP contribution in [0.2, 0.25) is 0 Å². The number of rotatable bonds is 2. The number of thiol groups is 1. The molecule has 0 fully saturated rings. The quantitative estimate of drug-likeness (QED) is 0.695. The monoisotopic (exact) mass is 260 g/mol. The van der Waals surface area contributed by atoms with Crippen LogP contribution >= 0.6 is 24.0 Å². The predicted octanol–water partition coefficient (Wildman–Crippen LogP) is 3.73. The summed E-state index contributed by atoms with van der Waals surface area (Å²) >= 11 is 5.92. The van der Waals surface area contributed by atoms with Crippen molar-refractivity contribution in [2.45, 2.75) is 5.75 Å². The van der Waals surface area contributed by atoms with Gasteiger partial charge in [-0.05, 0) is 6.07 Å². The zero-order chi connectivity index (χ0) is 11.8. The molecule has 0 radical (unpaired) electrons. The fraction of sp³-hybridized carbons (Fsp3) is 0.154. The van der Waals surface area contributed by atoms with Gasteiger partial charge in [-0.15, -0.1) is 11.3 Å². The Labute approximate surface area is 109 Å². The molecule has 0 aliphatic rings. The molecule has 2 heterocycles. The van der Waals surface area contributed by atoms with E-state index in [1.807, 2.05) is 0 Å². The molecule has 0 amide bonds. The first-order valence-electron chi connectivity index (χ1n) is 5.39. The van der Waals surface area contributed by atoms with Gasteiger partial charge < -0.3 is 4.57 Å². The standard InChI is InChI=1S/C13H12N2S2/c1-15-6-10(9-4-2-3-5-12(9)15)11-8-17-13(7-16)14-11/h2-6,8,16H,7H2,1H3. The van der Waals surface area contributed by atoms with E-state index in [4.69, 9.17) is 0 Å². The van der Waals surface area contributed by atoms with Gasteiger partial charge in [0.05, 0.1) is 5.69 Å². The van der Waals surface area contributed by atoms with Crippen molar-refractivity contribution in [2.24, 2.45) is 7.05 Å². The molecule has 0 N–H and O–H groups in total. The molecular weight excluding hydrogens is 248 g/mol. The van der Waals surface area contributed by atoms with Crippen LogP contribution < -0.4 is 0 Å². The molecule has 0 aliphatic carbocycles. The third kappa shape index (κ3) is 1.77. The van der Waals surface area contributed by atoms with Gasteiger partial charge in [0, 0.05) is 40.8 Å². The van der Waals surface area contributed by atoms with Crippen molar-refractivity contribution < 1.29 is 0 Å². The fourth-order valence-corrected chi connectivity index (χ4v) is 3.00. The molecule has 3 rings (SSSR count). The summed E-state index contributed by atoms with van der Waals surface area (Å²) in [5.74, 6) is 0.704. The van der Waals surface area contributed by atoms with Crippen molar-refractivity contribution in [3.05, 3.63) is 40.8 Å². The van der Waals surface area contributed by atoms with Crippen LogP contribution in [0.3, 0.4) is 0 Å². The molecule has 2 nitrogen and oxygen atoms in total. The maximum Gasteiger partial charge on any atom is 0.103 e. The molecule has 86 valence electrons. The third-order valence-corrected chi connectivity index (χ3v) is 4.22. The van der Waals surface area contributed by atoms with Crippen LogP contribution in [0.5, 0.6) is 0 Å². The average Bonchev–Trinajstić information content (AvgIpc) is 2.95. The van der Waals surface area contributed by atoms with Gasteiger partial charge in [-0.3, -0.25) is 0 Å². The van der Waals surface area contributed by atoms with Crippen LogP contribution in [0.15, 0.2) is 35.8 Å². The van der Waals surface area contributed by atoms with E-state index in [2.05, 4.69) is 65.1 Å². The maximum absolute atomic E-state index is 4.59. The van der Waals surface area contributed by atoms with Crippen molar-refractivity contribution in [1.82, 2.24) is 9.55 Å².